The van der Waals surface area contributed by atoms with Crippen LogP contribution in [0.25, 0.3) is 0 Å². The van der Waals surface area contributed by atoms with Crippen LogP contribution in [-0.2, 0) is 0 Å². The van der Waals surface area contributed by atoms with Crippen LogP contribution in [0.3, 0.4) is 0 Å². The van der Waals surface area contributed by atoms with Crippen molar-refractivity contribution in [1.29, 1.82) is 0 Å². The van der Waals surface area contributed by atoms with Gasteiger partial charge in [0.05, 0.1) is 3.79 Å². The zero-order valence-corrected chi connectivity index (χ0v) is 9.73. The van der Waals surface area contributed by atoms with Crippen LogP contribution >= 0.6 is 27.3 Å². The molecule has 0 bridgehead atoms. The number of hydrogen-bond acceptors (Lipinski definition) is 1. The van der Waals surface area contributed by atoms with Crippen molar-refractivity contribution in [1.82, 2.24) is 0 Å². The lowest BCUT2D eigenvalue weighted by Crippen LogP contribution is -1.72. The number of halogens is 1. The summed E-state index contributed by atoms with van der Waals surface area (Å²) in [5.74, 6) is 6.24. The monoisotopic (exact) mass is 262 g/mol. The van der Waals surface area contributed by atoms with Gasteiger partial charge in [-0.1, -0.05) is 30.0 Å². The van der Waals surface area contributed by atoms with Gasteiger partial charge in [-0.2, -0.15) is 0 Å². The van der Waals surface area contributed by atoms with Gasteiger partial charge in [0.1, 0.15) is 0 Å². The number of thiophene rings is 1. The predicted octanol–water partition coefficient (Wildman–Crippen LogP) is 3.91. The Balaban J connectivity index is 2.28. The minimum absolute atomic E-state index is 1.05. The molecule has 0 aliphatic heterocycles. The van der Waals surface area contributed by atoms with Crippen LogP contribution in [0.4, 0.5) is 0 Å². The van der Waals surface area contributed by atoms with Crippen molar-refractivity contribution in [3.05, 3.63) is 56.7 Å². The Hall–Kier alpha value is -1.04. The number of rotatable bonds is 0. The molecule has 0 amide bonds. The second-order valence-electron chi connectivity index (χ2n) is 2.72. The van der Waals surface area contributed by atoms with Crippen molar-refractivity contribution < 1.29 is 0 Å². The van der Waals surface area contributed by atoms with Gasteiger partial charge >= 0.3 is 0 Å². The maximum Gasteiger partial charge on any atom is 0.0854 e. The molecule has 0 atom stereocenters. The molecule has 0 saturated heterocycles. The molecule has 2 heteroatoms. The molecule has 1 aromatic carbocycles. The summed E-state index contributed by atoms with van der Waals surface area (Å²) >= 11 is 5.11. The first-order valence-electron chi connectivity index (χ1n) is 4.16. The largest absolute Gasteiger partial charge is 0.135 e. The Morgan fingerprint density at radius 2 is 1.79 bits per heavy atom. The van der Waals surface area contributed by atoms with E-state index in [2.05, 4.69) is 27.8 Å². The van der Waals surface area contributed by atoms with Gasteiger partial charge in [-0.05, 0) is 39.5 Å². The summed E-state index contributed by atoms with van der Waals surface area (Å²) in [6, 6.07) is 12.0. The molecule has 0 spiro atoms. The van der Waals surface area contributed by atoms with E-state index in [0.29, 0.717) is 0 Å². The van der Waals surface area contributed by atoms with Crippen molar-refractivity contribution in [2.75, 3.05) is 0 Å². The molecule has 2 aromatic rings. The van der Waals surface area contributed by atoms with E-state index in [1.165, 1.54) is 0 Å². The highest BCUT2D eigenvalue weighted by atomic mass is 79.9. The van der Waals surface area contributed by atoms with Gasteiger partial charge in [-0.15, -0.1) is 11.3 Å². The predicted molar refractivity (Wildman–Crippen MR) is 64.4 cm³/mol. The van der Waals surface area contributed by atoms with E-state index in [-0.39, 0.29) is 0 Å². The van der Waals surface area contributed by atoms with Gasteiger partial charge in [-0.25, -0.2) is 0 Å². The fraction of sp³-hybridized carbons (Fsp3) is 0. The molecule has 0 nitrogen and oxygen atoms in total. The Morgan fingerprint density at radius 1 is 1.00 bits per heavy atom. The topological polar surface area (TPSA) is 0 Å². The average molecular weight is 263 g/mol. The second-order valence-corrected chi connectivity index (χ2v) is 4.96. The first-order chi connectivity index (χ1) is 6.86. The molecule has 68 valence electrons. The number of benzene rings is 1. The lowest BCUT2D eigenvalue weighted by atomic mass is 10.2. The van der Waals surface area contributed by atoms with Crippen LogP contribution in [0.1, 0.15) is 11.1 Å². The molecule has 0 aliphatic carbocycles. The molecule has 0 radical (unpaired) electrons. The van der Waals surface area contributed by atoms with E-state index in [0.717, 1.165) is 14.9 Å². The summed E-state index contributed by atoms with van der Waals surface area (Å²) < 4.78 is 1.10. The molecular formula is C12H7BrS. The highest BCUT2D eigenvalue weighted by Crippen LogP contribution is 2.22. The minimum atomic E-state index is 1.05. The quantitative estimate of drug-likeness (QED) is 0.632. The van der Waals surface area contributed by atoms with Crippen LogP contribution in [0.2, 0.25) is 0 Å². The standard InChI is InChI=1S/C12H7BrS/c13-12-11(8-9-14-12)7-6-10-4-2-1-3-5-10/h1-5,8-9H. The summed E-state index contributed by atoms with van der Waals surface area (Å²) in [6.07, 6.45) is 0. The zero-order chi connectivity index (χ0) is 9.80. The Morgan fingerprint density at radius 3 is 2.43 bits per heavy atom. The maximum absolute atomic E-state index is 3.46. The molecule has 1 heterocycles. The Kier molecular flexibility index (Phi) is 3.03. The molecular weight excluding hydrogens is 256 g/mol. The van der Waals surface area contributed by atoms with E-state index in [1.54, 1.807) is 11.3 Å². The molecule has 1 aromatic heterocycles. The first kappa shape index (κ1) is 9.51. The van der Waals surface area contributed by atoms with E-state index >= 15 is 0 Å². The summed E-state index contributed by atoms with van der Waals surface area (Å²) in [5.41, 5.74) is 2.10. The lowest BCUT2D eigenvalue weighted by Gasteiger charge is -1.86. The van der Waals surface area contributed by atoms with Crippen LogP contribution in [0.5, 0.6) is 0 Å². The SMILES string of the molecule is Brc1sccc1C#Cc1ccccc1. The van der Waals surface area contributed by atoms with Crippen molar-refractivity contribution in [2.45, 2.75) is 0 Å². The third-order valence-corrected chi connectivity index (χ3v) is 3.42. The first-order valence-corrected chi connectivity index (χ1v) is 5.83. The van der Waals surface area contributed by atoms with Crippen LogP contribution in [0.15, 0.2) is 45.6 Å². The van der Waals surface area contributed by atoms with E-state index in [9.17, 15) is 0 Å². The van der Waals surface area contributed by atoms with Gasteiger partial charge < -0.3 is 0 Å². The molecule has 14 heavy (non-hydrogen) atoms. The molecule has 0 fully saturated rings. The van der Waals surface area contributed by atoms with Crippen LogP contribution in [0, 0.1) is 11.8 Å². The molecule has 0 saturated carbocycles. The van der Waals surface area contributed by atoms with Gasteiger partial charge in [0.25, 0.3) is 0 Å². The Bertz CT molecular complexity index is 474. The van der Waals surface area contributed by atoms with Crippen LogP contribution in [-0.4, -0.2) is 0 Å². The van der Waals surface area contributed by atoms with Crippen molar-refractivity contribution in [2.24, 2.45) is 0 Å². The lowest BCUT2D eigenvalue weighted by molar-refractivity contribution is 1.64. The van der Waals surface area contributed by atoms with Gasteiger partial charge in [0.2, 0.25) is 0 Å². The van der Waals surface area contributed by atoms with Crippen molar-refractivity contribution in [3.63, 3.8) is 0 Å². The summed E-state index contributed by atoms with van der Waals surface area (Å²) in [7, 11) is 0. The minimum Gasteiger partial charge on any atom is -0.135 e. The van der Waals surface area contributed by atoms with Crippen LogP contribution < -0.4 is 0 Å². The van der Waals surface area contributed by atoms with E-state index < -0.39 is 0 Å². The number of hydrogen-bond donors (Lipinski definition) is 0. The molecule has 0 aliphatic rings. The average Bonchev–Trinajstić information content (AvgIpc) is 2.63. The highest BCUT2D eigenvalue weighted by molar-refractivity contribution is 9.11. The summed E-state index contributed by atoms with van der Waals surface area (Å²) in [4.78, 5) is 0. The molecule has 0 N–H and O–H groups in total. The van der Waals surface area contributed by atoms with Gasteiger partial charge in [0.15, 0.2) is 0 Å². The normalized spacial score (nSPS) is 9.21. The van der Waals surface area contributed by atoms with Crippen molar-refractivity contribution in [3.8, 4) is 11.8 Å². The highest BCUT2D eigenvalue weighted by Gasteiger charge is 1.94. The maximum atomic E-state index is 3.46. The van der Waals surface area contributed by atoms with E-state index in [1.807, 2.05) is 41.8 Å². The van der Waals surface area contributed by atoms with Gasteiger partial charge in [-0.3, -0.25) is 0 Å². The third kappa shape index (κ3) is 2.25. The summed E-state index contributed by atoms with van der Waals surface area (Å²) in [5, 5.41) is 2.03. The zero-order valence-electron chi connectivity index (χ0n) is 7.33. The Labute approximate surface area is 95.7 Å². The fourth-order valence-electron chi connectivity index (χ4n) is 1.04. The summed E-state index contributed by atoms with van der Waals surface area (Å²) in [6.45, 7) is 0. The fourth-order valence-corrected chi connectivity index (χ4v) is 2.17. The smallest absolute Gasteiger partial charge is 0.0854 e. The second kappa shape index (κ2) is 4.45. The molecule has 0 unspecified atom stereocenters. The van der Waals surface area contributed by atoms with Gasteiger partial charge in [0, 0.05) is 11.1 Å². The van der Waals surface area contributed by atoms with E-state index in [4.69, 9.17) is 0 Å². The third-order valence-electron chi connectivity index (χ3n) is 1.73. The molecule has 2 rings (SSSR count). The van der Waals surface area contributed by atoms with Crippen molar-refractivity contribution >= 4 is 27.3 Å².